The molecular weight excluding hydrogens is 222 g/mol. The van der Waals surface area contributed by atoms with Gasteiger partial charge in [-0.2, -0.15) is 0 Å². The van der Waals surface area contributed by atoms with Crippen molar-refractivity contribution in [1.82, 2.24) is 4.98 Å². The maximum Gasteiger partial charge on any atom is 0.0721 e. The lowest BCUT2D eigenvalue weighted by atomic mass is 9.76. The Hall–Kier alpha value is -0.890. The summed E-state index contributed by atoms with van der Waals surface area (Å²) in [6, 6.07) is 4.04. The number of pyridine rings is 1. The first-order valence-corrected chi connectivity index (χ1v) is 7.16. The monoisotopic (exact) mass is 249 g/mol. The van der Waals surface area contributed by atoms with Gasteiger partial charge in [-0.25, -0.2) is 0 Å². The van der Waals surface area contributed by atoms with Crippen LogP contribution in [0.2, 0.25) is 0 Å². The van der Waals surface area contributed by atoms with Crippen LogP contribution in [-0.4, -0.2) is 11.1 Å². The van der Waals surface area contributed by atoms with Crippen LogP contribution in [0.25, 0.3) is 0 Å². The van der Waals surface area contributed by atoms with Crippen LogP contribution in [0.5, 0.6) is 0 Å². The van der Waals surface area contributed by atoms with Gasteiger partial charge in [0, 0.05) is 12.4 Å². The van der Waals surface area contributed by atoms with Crippen LogP contribution in [0.1, 0.15) is 58.9 Å². The van der Waals surface area contributed by atoms with E-state index in [2.05, 4.69) is 18.8 Å². The van der Waals surface area contributed by atoms with E-state index in [1.165, 1.54) is 31.2 Å². The lowest BCUT2D eigenvalue weighted by Crippen LogP contribution is -2.26. The summed E-state index contributed by atoms with van der Waals surface area (Å²) in [6.07, 6.45) is 9.09. The fourth-order valence-electron chi connectivity index (χ4n) is 2.23. The van der Waals surface area contributed by atoms with Crippen LogP contribution in [0.15, 0.2) is 24.5 Å². The fourth-order valence-corrected chi connectivity index (χ4v) is 2.23. The Balaban J connectivity index is 0.000000771. The molecule has 1 saturated carbocycles. The third-order valence-corrected chi connectivity index (χ3v) is 3.52. The van der Waals surface area contributed by atoms with Crippen LogP contribution in [0.3, 0.4) is 0 Å². The number of hydrogen-bond acceptors (Lipinski definition) is 2. The van der Waals surface area contributed by atoms with Crippen LogP contribution in [0, 0.1) is 5.41 Å². The van der Waals surface area contributed by atoms with E-state index in [9.17, 15) is 0 Å². The van der Waals surface area contributed by atoms with Crippen molar-refractivity contribution < 1.29 is 4.74 Å². The first-order valence-electron chi connectivity index (χ1n) is 7.16. The Morgan fingerprint density at radius 1 is 1.17 bits per heavy atom. The summed E-state index contributed by atoms with van der Waals surface area (Å²) < 4.78 is 5.93. The highest BCUT2D eigenvalue weighted by molar-refractivity contribution is 5.08. The second-order valence-corrected chi connectivity index (χ2v) is 5.53. The zero-order chi connectivity index (χ0) is 13.4. The predicted octanol–water partition coefficient (Wildman–Crippen LogP) is 4.59. The highest BCUT2D eigenvalue weighted by atomic mass is 16.5. The van der Waals surface area contributed by atoms with Gasteiger partial charge in [-0.15, -0.1) is 0 Å². The topological polar surface area (TPSA) is 22.1 Å². The molecule has 1 aliphatic rings. The molecule has 0 atom stereocenters. The molecule has 1 fully saturated rings. The van der Waals surface area contributed by atoms with Crippen molar-refractivity contribution in [3.63, 3.8) is 0 Å². The standard InChI is InChI=1S/C14H21NO.C2H6/c1-14(2)7-3-13(4-8-14)16-11-12-5-9-15-10-6-12;1-2/h5-6,9-10,13H,3-4,7-8,11H2,1-2H3;1-2H3. The molecule has 1 aromatic rings. The molecule has 0 bridgehead atoms. The number of ether oxygens (including phenoxy) is 1. The van der Waals surface area contributed by atoms with Crippen LogP contribution >= 0.6 is 0 Å². The third-order valence-electron chi connectivity index (χ3n) is 3.52. The minimum atomic E-state index is 0.459. The van der Waals surface area contributed by atoms with Gasteiger partial charge in [0.2, 0.25) is 0 Å². The van der Waals surface area contributed by atoms with Crippen molar-refractivity contribution >= 4 is 0 Å². The summed E-state index contributed by atoms with van der Waals surface area (Å²) in [5.74, 6) is 0. The molecular formula is C16H27NO. The maximum atomic E-state index is 5.93. The van der Waals surface area contributed by atoms with Crippen molar-refractivity contribution in [2.24, 2.45) is 5.41 Å². The Labute approximate surface area is 112 Å². The Morgan fingerprint density at radius 2 is 1.72 bits per heavy atom. The highest BCUT2D eigenvalue weighted by Gasteiger charge is 2.26. The Kier molecular flexibility index (Phi) is 6.34. The first kappa shape index (κ1) is 15.2. The van der Waals surface area contributed by atoms with Crippen molar-refractivity contribution in [2.75, 3.05) is 0 Å². The van der Waals surface area contributed by atoms with Gasteiger partial charge in [0.15, 0.2) is 0 Å². The molecule has 1 heterocycles. The molecule has 2 heteroatoms. The average molecular weight is 249 g/mol. The van der Waals surface area contributed by atoms with Gasteiger partial charge in [0.1, 0.15) is 0 Å². The van der Waals surface area contributed by atoms with Gasteiger partial charge in [-0.3, -0.25) is 4.98 Å². The normalized spacial score (nSPS) is 18.9. The van der Waals surface area contributed by atoms with Gasteiger partial charge in [-0.1, -0.05) is 27.7 Å². The zero-order valence-electron chi connectivity index (χ0n) is 12.3. The second kappa shape index (κ2) is 7.52. The SMILES string of the molecule is CC.CC1(C)CCC(OCc2ccncc2)CC1. The van der Waals surface area contributed by atoms with E-state index in [1.54, 1.807) is 0 Å². The predicted molar refractivity (Wildman–Crippen MR) is 76.4 cm³/mol. The average Bonchev–Trinajstić information content (AvgIpc) is 2.41. The molecule has 0 aliphatic heterocycles. The van der Waals surface area contributed by atoms with E-state index in [4.69, 9.17) is 4.74 Å². The van der Waals surface area contributed by atoms with E-state index >= 15 is 0 Å². The van der Waals surface area contributed by atoms with Crippen LogP contribution in [-0.2, 0) is 11.3 Å². The molecule has 0 radical (unpaired) electrons. The molecule has 18 heavy (non-hydrogen) atoms. The van der Waals surface area contributed by atoms with E-state index in [0.717, 1.165) is 6.61 Å². The smallest absolute Gasteiger partial charge is 0.0721 e. The van der Waals surface area contributed by atoms with Crippen molar-refractivity contribution in [1.29, 1.82) is 0 Å². The molecule has 2 rings (SSSR count). The van der Waals surface area contributed by atoms with Gasteiger partial charge >= 0.3 is 0 Å². The summed E-state index contributed by atoms with van der Waals surface area (Å²) in [7, 11) is 0. The molecule has 102 valence electrons. The Morgan fingerprint density at radius 3 is 2.28 bits per heavy atom. The minimum absolute atomic E-state index is 0.459. The lowest BCUT2D eigenvalue weighted by Gasteiger charge is -2.34. The van der Waals surface area contributed by atoms with Crippen LogP contribution < -0.4 is 0 Å². The van der Waals surface area contributed by atoms with Gasteiger partial charge in [0.05, 0.1) is 12.7 Å². The fraction of sp³-hybridized carbons (Fsp3) is 0.688. The van der Waals surface area contributed by atoms with Gasteiger partial charge in [0.25, 0.3) is 0 Å². The second-order valence-electron chi connectivity index (χ2n) is 5.53. The van der Waals surface area contributed by atoms with Crippen molar-refractivity contribution in [3.8, 4) is 0 Å². The number of hydrogen-bond donors (Lipinski definition) is 0. The van der Waals surface area contributed by atoms with Gasteiger partial charge in [-0.05, 0) is 48.8 Å². The number of rotatable bonds is 3. The molecule has 0 amide bonds. The molecule has 0 aromatic carbocycles. The van der Waals surface area contributed by atoms with E-state index < -0.39 is 0 Å². The molecule has 0 spiro atoms. The van der Waals surface area contributed by atoms with Crippen molar-refractivity contribution in [2.45, 2.75) is 66.1 Å². The van der Waals surface area contributed by atoms with Crippen LogP contribution in [0.4, 0.5) is 0 Å². The van der Waals surface area contributed by atoms with E-state index in [1.807, 2.05) is 38.4 Å². The summed E-state index contributed by atoms with van der Waals surface area (Å²) >= 11 is 0. The van der Waals surface area contributed by atoms with Crippen molar-refractivity contribution in [3.05, 3.63) is 30.1 Å². The summed E-state index contributed by atoms with van der Waals surface area (Å²) in [6.45, 7) is 9.44. The Bertz CT molecular complexity index is 311. The largest absolute Gasteiger partial charge is 0.374 e. The van der Waals surface area contributed by atoms with E-state index in [0.29, 0.717) is 11.5 Å². The number of nitrogens with zero attached hydrogens (tertiary/aromatic N) is 1. The zero-order valence-corrected chi connectivity index (χ0v) is 12.3. The minimum Gasteiger partial charge on any atom is -0.374 e. The lowest BCUT2D eigenvalue weighted by molar-refractivity contribution is -0.00560. The molecule has 1 aromatic heterocycles. The summed E-state index contributed by atoms with van der Waals surface area (Å²) in [5.41, 5.74) is 1.75. The molecule has 0 unspecified atom stereocenters. The highest BCUT2D eigenvalue weighted by Crippen LogP contribution is 2.36. The molecule has 1 aliphatic carbocycles. The first-order chi connectivity index (χ1) is 8.66. The molecule has 2 nitrogen and oxygen atoms in total. The van der Waals surface area contributed by atoms with E-state index in [-0.39, 0.29) is 0 Å². The van der Waals surface area contributed by atoms with Gasteiger partial charge < -0.3 is 4.74 Å². The quantitative estimate of drug-likeness (QED) is 0.781. The molecule has 0 saturated heterocycles. The summed E-state index contributed by atoms with van der Waals surface area (Å²) in [4.78, 5) is 4.00. The number of aromatic nitrogens is 1. The summed E-state index contributed by atoms with van der Waals surface area (Å²) in [5, 5.41) is 0. The molecule has 0 N–H and O–H groups in total. The third kappa shape index (κ3) is 5.18. The maximum absolute atomic E-state index is 5.93.